The second-order valence-corrected chi connectivity index (χ2v) is 16.0. The van der Waals surface area contributed by atoms with E-state index in [1.807, 2.05) is 13.0 Å². The lowest BCUT2D eigenvalue weighted by atomic mass is 9.82. The van der Waals surface area contributed by atoms with Gasteiger partial charge in [0.25, 0.3) is 0 Å². The molecule has 0 aromatic heterocycles. The molecule has 57 heavy (non-hydrogen) atoms. The van der Waals surface area contributed by atoms with Gasteiger partial charge in [0.2, 0.25) is 0 Å². The van der Waals surface area contributed by atoms with Crippen molar-refractivity contribution in [1.29, 1.82) is 0 Å². The van der Waals surface area contributed by atoms with Crippen LogP contribution in [0.15, 0.2) is 24.3 Å². The van der Waals surface area contributed by atoms with Crippen LogP contribution in [0.25, 0.3) is 0 Å². The minimum absolute atomic E-state index is 0.000633. The lowest BCUT2D eigenvalue weighted by molar-refractivity contribution is -0.344. The Morgan fingerprint density at radius 2 is 1.63 bits per heavy atom. The van der Waals surface area contributed by atoms with Crippen LogP contribution in [0, 0.1) is 11.8 Å². The molecule has 3 heterocycles. The molecular weight excluding hydrogens is 746 g/mol. The van der Waals surface area contributed by atoms with Gasteiger partial charge in [-0.25, -0.2) is 0 Å². The third-order valence-electron chi connectivity index (χ3n) is 10.9. The van der Waals surface area contributed by atoms with Gasteiger partial charge in [0.05, 0.1) is 36.9 Å². The van der Waals surface area contributed by atoms with Gasteiger partial charge in [0.1, 0.15) is 42.4 Å². The summed E-state index contributed by atoms with van der Waals surface area (Å²) in [5.41, 5.74) is -1.49. The van der Waals surface area contributed by atoms with E-state index in [1.54, 1.807) is 78.8 Å². The number of aldehydes is 1. The Hall–Kier alpha value is -2.80. The van der Waals surface area contributed by atoms with Gasteiger partial charge in [-0.15, -0.1) is 0 Å². The van der Waals surface area contributed by atoms with E-state index in [0.29, 0.717) is 12.7 Å². The van der Waals surface area contributed by atoms with Gasteiger partial charge in [-0.3, -0.25) is 14.4 Å². The number of hydrogen-bond acceptors (Lipinski definition) is 16. The predicted octanol–water partition coefficient (Wildman–Crippen LogP) is 2.77. The summed E-state index contributed by atoms with van der Waals surface area (Å²) >= 11 is 0. The fourth-order valence-electron chi connectivity index (χ4n) is 7.82. The summed E-state index contributed by atoms with van der Waals surface area (Å²) in [5, 5.41) is 34.5. The predicted molar refractivity (Wildman–Crippen MR) is 205 cm³/mol. The highest BCUT2D eigenvalue weighted by Crippen LogP contribution is 2.37. The van der Waals surface area contributed by atoms with Crippen molar-refractivity contribution in [3.05, 3.63) is 24.3 Å². The highest BCUT2D eigenvalue weighted by molar-refractivity contribution is 5.72. The zero-order valence-electron chi connectivity index (χ0n) is 35.2. The fourth-order valence-corrected chi connectivity index (χ4v) is 7.82. The topological polar surface area (TPSA) is 206 Å². The molecule has 0 aromatic carbocycles. The Balaban J connectivity index is 2.01. The van der Waals surface area contributed by atoms with Crippen LogP contribution in [0.3, 0.4) is 0 Å². The van der Waals surface area contributed by atoms with Crippen LogP contribution in [-0.4, -0.2) is 151 Å². The number of cyclic esters (lactones) is 1. The molecule has 3 rings (SSSR count). The molecule has 2 unspecified atom stereocenters. The van der Waals surface area contributed by atoms with Crippen molar-refractivity contribution in [2.24, 2.45) is 11.8 Å². The number of allylic oxidation sites excluding steroid dienone is 2. The molecule has 0 aromatic rings. The molecule has 16 nitrogen and oxygen atoms in total. The zero-order chi connectivity index (χ0) is 42.6. The van der Waals surface area contributed by atoms with E-state index in [-0.39, 0.29) is 32.1 Å². The maximum Gasteiger partial charge on any atom is 0.309 e. The Morgan fingerprint density at radius 1 is 0.965 bits per heavy atom. The Morgan fingerprint density at radius 3 is 2.23 bits per heavy atom. The summed E-state index contributed by atoms with van der Waals surface area (Å²) in [4.78, 5) is 52.3. The van der Waals surface area contributed by atoms with Gasteiger partial charge >= 0.3 is 17.9 Å². The number of hydrogen-bond donors (Lipinski definition) is 3. The lowest BCUT2D eigenvalue weighted by Crippen LogP contribution is -2.66. The van der Waals surface area contributed by atoms with E-state index in [1.165, 1.54) is 7.11 Å². The molecule has 0 bridgehead atoms. The number of carbonyl (C=O) groups is 4. The standard InChI is InChI=1S/C41H67NO15/c1-11-30(45)54-29-21-32(47)51-24(4)16-14-13-15-17-28(44)23(3)20-27(18-19-43)37(38(29)50-10)57-40-35(48)34(42(8)9)36(25(5)53-40)56-33-22-41(7,49)39(26(6)52-33)55-31(46)12-2/h13-15,17,19,23-29,33-40,44,48-49H,11-12,16,18,20-22H2,1-10H3/b14-13+,17-15+/t23-,24-,25-,26+,27?,28+,29?,33+,34-,35-,36-,37+,38+,39+,40+,41-/m1/s1. The SMILES string of the molecule is CCC(=O)OC1CC(=O)O[C@H](C)C/C=C/C=C/[C@H](O)[C@H](C)CC(CC=O)[C@H](O[C@@H]2O[C@H](C)[C@@H](O[C@H]3C[C@@](C)(O)[C@@H](OC(=O)CC)[C@H](C)O3)[C@H](N(C)C)[C@H]2O)[C@H]1OC. The van der Waals surface area contributed by atoms with E-state index >= 15 is 0 Å². The lowest BCUT2D eigenvalue weighted by Gasteiger charge is -2.50. The van der Waals surface area contributed by atoms with Crippen LogP contribution in [-0.2, 0) is 57.1 Å². The first-order valence-electron chi connectivity index (χ1n) is 20.1. The van der Waals surface area contributed by atoms with Crippen molar-refractivity contribution in [2.45, 2.75) is 179 Å². The summed E-state index contributed by atoms with van der Waals surface area (Å²) in [5.74, 6) is -2.82. The molecule has 0 saturated carbocycles. The first kappa shape index (κ1) is 48.6. The minimum Gasteiger partial charge on any atom is -0.462 e. The first-order valence-corrected chi connectivity index (χ1v) is 20.1. The Bertz CT molecular complexity index is 1350. The number of rotatable bonds is 12. The van der Waals surface area contributed by atoms with Gasteiger partial charge in [-0.2, -0.15) is 0 Å². The number of esters is 3. The zero-order valence-corrected chi connectivity index (χ0v) is 35.2. The highest BCUT2D eigenvalue weighted by Gasteiger charge is 2.53. The quantitative estimate of drug-likeness (QED) is 0.147. The molecule has 0 aliphatic carbocycles. The second-order valence-electron chi connectivity index (χ2n) is 16.0. The van der Waals surface area contributed by atoms with Crippen molar-refractivity contribution < 1.29 is 72.4 Å². The van der Waals surface area contributed by atoms with Gasteiger partial charge < -0.3 is 62.9 Å². The van der Waals surface area contributed by atoms with Gasteiger partial charge in [-0.05, 0) is 60.0 Å². The number of aliphatic hydroxyl groups excluding tert-OH is 2. The molecule has 0 radical (unpaired) electrons. The largest absolute Gasteiger partial charge is 0.462 e. The number of likely N-dealkylation sites (N-methyl/N-ethyl adjacent to an activating group) is 1. The molecule has 16 heteroatoms. The number of methoxy groups -OCH3 is 1. The van der Waals surface area contributed by atoms with Crippen molar-refractivity contribution >= 4 is 24.2 Å². The van der Waals surface area contributed by atoms with Crippen molar-refractivity contribution in [3.8, 4) is 0 Å². The maximum absolute atomic E-state index is 13.3. The molecule has 0 spiro atoms. The van der Waals surface area contributed by atoms with Crippen LogP contribution < -0.4 is 0 Å². The molecule has 3 aliphatic heterocycles. The number of nitrogens with zero attached hydrogens (tertiary/aromatic N) is 1. The van der Waals surface area contributed by atoms with E-state index < -0.39 is 121 Å². The molecule has 3 N–H and O–H groups in total. The van der Waals surface area contributed by atoms with Gasteiger partial charge in [0.15, 0.2) is 18.7 Å². The average Bonchev–Trinajstić information content (AvgIpc) is 3.13. The number of ether oxygens (including phenoxy) is 8. The van der Waals surface area contributed by atoms with Gasteiger partial charge in [-0.1, -0.05) is 45.1 Å². The maximum atomic E-state index is 13.3. The monoisotopic (exact) mass is 813 g/mol. The number of carbonyl (C=O) groups excluding carboxylic acids is 4. The molecule has 2 saturated heterocycles. The smallest absolute Gasteiger partial charge is 0.309 e. The fraction of sp³-hybridized carbons (Fsp3) is 0.805. The summed E-state index contributed by atoms with van der Waals surface area (Å²) in [6.07, 6.45) is -4.08. The molecule has 0 amide bonds. The first-order chi connectivity index (χ1) is 26.9. The highest BCUT2D eigenvalue weighted by atomic mass is 16.7. The molecule has 16 atom stereocenters. The molecule has 3 aliphatic rings. The van der Waals surface area contributed by atoms with Crippen LogP contribution >= 0.6 is 0 Å². The number of aliphatic hydroxyl groups is 3. The molecule has 2 fully saturated rings. The normalized spacial score (nSPS) is 41.1. The summed E-state index contributed by atoms with van der Waals surface area (Å²) < 4.78 is 48.5. The Labute approximate surface area is 337 Å². The average molecular weight is 814 g/mol. The summed E-state index contributed by atoms with van der Waals surface area (Å²) in [7, 11) is 4.86. The van der Waals surface area contributed by atoms with Crippen LogP contribution in [0.5, 0.6) is 0 Å². The Kier molecular flexibility index (Phi) is 19.2. The van der Waals surface area contributed by atoms with Crippen molar-refractivity contribution in [2.75, 3.05) is 21.2 Å². The van der Waals surface area contributed by atoms with E-state index in [2.05, 4.69) is 0 Å². The third kappa shape index (κ3) is 13.6. The van der Waals surface area contributed by atoms with Crippen molar-refractivity contribution in [1.82, 2.24) is 4.90 Å². The van der Waals surface area contributed by atoms with Crippen LogP contribution in [0.1, 0.15) is 93.4 Å². The molecular formula is C41H67NO15. The van der Waals surface area contributed by atoms with Crippen LogP contribution in [0.4, 0.5) is 0 Å². The van der Waals surface area contributed by atoms with Crippen LogP contribution in [0.2, 0.25) is 0 Å². The summed E-state index contributed by atoms with van der Waals surface area (Å²) in [6.45, 7) is 11.8. The van der Waals surface area contributed by atoms with Crippen molar-refractivity contribution in [3.63, 3.8) is 0 Å². The third-order valence-corrected chi connectivity index (χ3v) is 10.9. The minimum atomic E-state index is -1.49. The molecule has 326 valence electrons. The van der Waals surface area contributed by atoms with E-state index in [0.717, 1.165) is 0 Å². The summed E-state index contributed by atoms with van der Waals surface area (Å²) in [6, 6.07) is -0.779. The van der Waals surface area contributed by atoms with Gasteiger partial charge in [0, 0.05) is 39.2 Å². The second kappa shape index (κ2) is 22.5. The van der Waals surface area contributed by atoms with E-state index in [9.17, 15) is 34.5 Å². The van der Waals surface area contributed by atoms with E-state index in [4.69, 9.17) is 37.9 Å².